The highest BCUT2D eigenvalue weighted by atomic mass is 35.5. The van der Waals surface area contributed by atoms with Crippen LogP contribution in [-0.4, -0.2) is 54.2 Å². The van der Waals surface area contributed by atoms with Crippen molar-refractivity contribution >= 4 is 29.1 Å². The average molecular weight is 470 g/mol. The van der Waals surface area contributed by atoms with E-state index in [0.717, 1.165) is 16.8 Å². The molecule has 0 fully saturated rings. The molecular formula is C26H32ClN3O3. The smallest absolute Gasteiger partial charge is 0.262 e. The Kier molecular flexibility index (Phi) is 8.27. The Labute approximate surface area is 201 Å². The highest BCUT2D eigenvalue weighted by molar-refractivity contribution is 6.31. The number of methoxy groups -OCH3 is 1. The molecule has 0 radical (unpaired) electrons. The molecular weight excluding hydrogens is 438 g/mol. The van der Waals surface area contributed by atoms with Crippen molar-refractivity contribution in [3.05, 3.63) is 69.7 Å². The first kappa shape index (κ1) is 24.9. The molecule has 1 unspecified atom stereocenters. The van der Waals surface area contributed by atoms with E-state index < -0.39 is 0 Å². The van der Waals surface area contributed by atoms with Gasteiger partial charge in [-0.1, -0.05) is 55.8 Å². The molecule has 176 valence electrons. The molecule has 2 aromatic carbocycles. The van der Waals surface area contributed by atoms with E-state index in [-0.39, 0.29) is 30.3 Å². The molecule has 0 aromatic heterocycles. The van der Waals surface area contributed by atoms with Gasteiger partial charge in [0.05, 0.1) is 18.4 Å². The van der Waals surface area contributed by atoms with E-state index >= 15 is 0 Å². The van der Waals surface area contributed by atoms with Crippen LogP contribution in [0.5, 0.6) is 0 Å². The van der Waals surface area contributed by atoms with Crippen LogP contribution in [0.2, 0.25) is 5.02 Å². The summed E-state index contributed by atoms with van der Waals surface area (Å²) in [6.07, 6.45) is 0.550. The van der Waals surface area contributed by atoms with Crippen molar-refractivity contribution in [2.24, 2.45) is 11.0 Å². The van der Waals surface area contributed by atoms with Gasteiger partial charge in [0.2, 0.25) is 5.91 Å². The molecule has 1 aliphatic rings. The fourth-order valence-electron chi connectivity index (χ4n) is 3.89. The second-order valence-corrected chi connectivity index (χ2v) is 9.14. The summed E-state index contributed by atoms with van der Waals surface area (Å²) in [6.45, 7) is 8.42. The van der Waals surface area contributed by atoms with Crippen molar-refractivity contribution in [1.82, 2.24) is 9.91 Å². The lowest BCUT2D eigenvalue weighted by molar-refractivity contribution is -0.143. The van der Waals surface area contributed by atoms with Gasteiger partial charge >= 0.3 is 0 Å². The third-order valence-corrected chi connectivity index (χ3v) is 6.31. The third kappa shape index (κ3) is 5.81. The van der Waals surface area contributed by atoms with Crippen molar-refractivity contribution < 1.29 is 14.3 Å². The molecule has 1 aliphatic heterocycles. The van der Waals surface area contributed by atoms with E-state index in [1.165, 1.54) is 16.1 Å². The maximum absolute atomic E-state index is 13.5. The molecule has 1 atom stereocenters. The molecule has 2 amide bonds. The Morgan fingerprint density at radius 3 is 2.55 bits per heavy atom. The van der Waals surface area contributed by atoms with E-state index in [1.54, 1.807) is 12.0 Å². The second kappa shape index (κ2) is 10.9. The first-order valence-electron chi connectivity index (χ1n) is 11.2. The molecule has 0 bridgehead atoms. The van der Waals surface area contributed by atoms with E-state index in [9.17, 15) is 9.59 Å². The van der Waals surface area contributed by atoms with E-state index in [4.69, 9.17) is 21.4 Å². The number of rotatable bonds is 8. The van der Waals surface area contributed by atoms with Crippen LogP contribution in [0.15, 0.2) is 47.6 Å². The number of carbonyl (C=O) groups is 2. The van der Waals surface area contributed by atoms with Gasteiger partial charge in [0.25, 0.3) is 5.91 Å². The standard InChI is InChI=1S/C26H32ClN3O3/c1-17(2)26(32)29(12-13-33-5)16-25(31)30-24(21-8-6-7-9-22(21)27)15-23(28-30)20-11-10-18(3)19(4)14-20/h6-11,14,17,24H,12-13,15-16H2,1-5H3. The number of nitrogens with zero attached hydrogens (tertiary/aromatic N) is 3. The zero-order chi connectivity index (χ0) is 24.1. The van der Waals surface area contributed by atoms with Crippen LogP contribution in [-0.2, 0) is 14.3 Å². The average Bonchev–Trinajstić information content (AvgIpc) is 3.23. The monoisotopic (exact) mass is 469 g/mol. The van der Waals surface area contributed by atoms with E-state index in [0.29, 0.717) is 24.6 Å². The Morgan fingerprint density at radius 2 is 1.91 bits per heavy atom. The number of benzene rings is 2. The zero-order valence-corrected chi connectivity index (χ0v) is 20.7. The molecule has 6 nitrogen and oxygen atoms in total. The van der Waals surface area contributed by atoms with Crippen LogP contribution in [0, 0.1) is 19.8 Å². The highest BCUT2D eigenvalue weighted by Crippen LogP contribution is 2.36. The Bertz CT molecular complexity index is 1050. The number of halogens is 1. The van der Waals surface area contributed by atoms with Gasteiger partial charge in [-0.2, -0.15) is 5.10 Å². The number of ether oxygens (including phenoxy) is 1. The van der Waals surface area contributed by atoms with Crippen LogP contribution in [0.25, 0.3) is 0 Å². The molecule has 0 spiro atoms. The van der Waals surface area contributed by atoms with Crippen LogP contribution < -0.4 is 0 Å². The van der Waals surface area contributed by atoms with E-state index in [2.05, 4.69) is 26.0 Å². The number of amides is 2. The van der Waals surface area contributed by atoms with Crippen LogP contribution in [0.1, 0.15) is 48.6 Å². The molecule has 1 heterocycles. The van der Waals surface area contributed by atoms with Gasteiger partial charge in [0.1, 0.15) is 6.54 Å². The van der Waals surface area contributed by atoms with Crippen molar-refractivity contribution in [3.8, 4) is 0 Å². The largest absolute Gasteiger partial charge is 0.383 e. The number of hydrogen-bond acceptors (Lipinski definition) is 4. The molecule has 3 rings (SSSR count). The minimum Gasteiger partial charge on any atom is -0.383 e. The van der Waals surface area contributed by atoms with Crippen molar-refractivity contribution in [2.45, 2.75) is 40.2 Å². The Balaban J connectivity index is 1.94. The van der Waals surface area contributed by atoms with Gasteiger partial charge in [-0.3, -0.25) is 9.59 Å². The summed E-state index contributed by atoms with van der Waals surface area (Å²) in [7, 11) is 1.58. The lowest BCUT2D eigenvalue weighted by atomic mass is 9.96. The fourth-order valence-corrected chi connectivity index (χ4v) is 4.15. The van der Waals surface area contributed by atoms with Gasteiger partial charge in [-0.05, 0) is 48.2 Å². The van der Waals surface area contributed by atoms with Gasteiger partial charge in [0, 0.05) is 31.0 Å². The number of hydrazone groups is 1. The van der Waals surface area contributed by atoms with E-state index in [1.807, 2.05) is 44.2 Å². The molecule has 0 saturated heterocycles. The number of hydrogen-bond donors (Lipinski definition) is 0. The molecule has 7 heteroatoms. The molecule has 0 saturated carbocycles. The first-order valence-corrected chi connectivity index (χ1v) is 11.6. The quantitative estimate of drug-likeness (QED) is 0.559. The van der Waals surface area contributed by atoms with Crippen LogP contribution in [0.3, 0.4) is 0 Å². The van der Waals surface area contributed by atoms with Crippen molar-refractivity contribution in [1.29, 1.82) is 0 Å². The Hall–Kier alpha value is -2.70. The normalized spacial score (nSPS) is 15.7. The summed E-state index contributed by atoms with van der Waals surface area (Å²) in [5.74, 6) is -0.557. The van der Waals surface area contributed by atoms with Crippen molar-refractivity contribution in [3.63, 3.8) is 0 Å². The highest BCUT2D eigenvalue weighted by Gasteiger charge is 2.35. The fraction of sp³-hybridized carbons (Fsp3) is 0.423. The zero-order valence-electron chi connectivity index (χ0n) is 20.0. The van der Waals surface area contributed by atoms with Crippen LogP contribution in [0.4, 0.5) is 0 Å². The minimum absolute atomic E-state index is 0.0645. The summed E-state index contributed by atoms with van der Waals surface area (Å²) in [4.78, 5) is 27.7. The SMILES string of the molecule is COCCN(CC(=O)N1N=C(c2ccc(C)c(C)c2)CC1c1ccccc1Cl)C(=O)C(C)C. The topological polar surface area (TPSA) is 62.2 Å². The van der Waals surface area contributed by atoms with Crippen LogP contribution >= 0.6 is 11.6 Å². The molecule has 2 aromatic rings. The third-order valence-electron chi connectivity index (χ3n) is 5.97. The number of carbonyl (C=O) groups excluding carboxylic acids is 2. The Morgan fingerprint density at radius 1 is 1.18 bits per heavy atom. The number of aryl methyl sites for hydroxylation is 2. The lowest BCUT2D eigenvalue weighted by Crippen LogP contribution is -2.44. The summed E-state index contributed by atoms with van der Waals surface area (Å²) in [5.41, 5.74) is 5.03. The predicted octanol–water partition coefficient (Wildman–Crippen LogP) is 4.77. The maximum atomic E-state index is 13.5. The second-order valence-electron chi connectivity index (χ2n) is 8.73. The van der Waals surface area contributed by atoms with Gasteiger partial charge in [-0.15, -0.1) is 0 Å². The van der Waals surface area contributed by atoms with Crippen molar-refractivity contribution in [2.75, 3.05) is 26.8 Å². The molecule has 0 aliphatic carbocycles. The first-order chi connectivity index (χ1) is 15.7. The summed E-state index contributed by atoms with van der Waals surface area (Å²) >= 11 is 6.51. The lowest BCUT2D eigenvalue weighted by Gasteiger charge is -2.28. The van der Waals surface area contributed by atoms with Gasteiger partial charge in [-0.25, -0.2) is 5.01 Å². The summed E-state index contributed by atoms with van der Waals surface area (Å²) in [6, 6.07) is 13.4. The van der Waals surface area contributed by atoms with Gasteiger partial charge < -0.3 is 9.64 Å². The summed E-state index contributed by atoms with van der Waals surface area (Å²) in [5, 5.41) is 6.83. The van der Waals surface area contributed by atoms with Gasteiger partial charge in [0.15, 0.2) is 0 Å². The maximum Gasteiger partial charge on any atom is 0.262 e. The molecule has 33 heavy (non-hydrogen) atoms. The minimum atomic E-state index is -0.332. The molecule has 0 N–H and O–H groups in total. The predicted molar refractivity (Wildman–Crippen MR) is 131 cm³/mol. The summed E-state index contributed by atoms with van der Waals surface area (Å²) < 4.78 is 5.15.